The molecule has 2 aromatic rings. The van der Waals surface area contributed by atoms with Gasteiger partial charge in [-0.1, -0.05) is 0 Å². The van der Waals surface area contributed by atoms with Crippen molar-refractivity contribution in [1.29, 1.82) is 0 Å². The smallest absolute Gasteiger partial charge is 0.127 e. The number of hydrogen-bond acceptors (Lipinski definition) is 3. The molecule has 0 aliphatic carbocycles. The van der Waals surface area contributed by atoms with Gasteiger partial charge in [-0.15, -0.1) is 11.3 Å². The summed E-state index contributed by atoms with van der Waals surface area (Å²) in [7, 11) is 4.01. The first-order valence-corrected chi connectivity index (χ1v) is 6.93. The van der Waals surface area contributed by atoms with Crippen LogP contribution in [0.5, 0.6) is 0 Å². The number of hydrogen-bond donors (Lipinski definition) is 0. The average molecular weight is 267 g/mol. The van der Waals surface area contributed by atoms with Crippen LogP contribution >= 0.6 is 11.3 Å². The van der Waals surface area contributed by atoms with Crippen LogP contribution in [0.25, 0.3) is 10.1 Å². The Morgan fingerprint density at radius 2 is 2.11 bits per heavy atom. The van der Waals surface area contributed by atoms with Gasteiger partial charge in [0.2, 0.25) is 0 Å². The molecule has 0 aliphatic heterocycles. The van der Waals surface area contributed by atoms with Crippen LogP contribution in [-0.4, -0.2) is 38.8 Å². The van der Waals surface area contributed by atoms with E-state index in [1.54, 1.807) is 17.4 Å². The molecule has 0 radical (unpaired) electrons. The molecule has 4 heteroatoms. The molecule has 0 fully saturated rings. The van der Waals surface area contributed by atoms with Crippen molar-refractivity contribution < 1.29 is 9.13 Å². The van der Waals surface area contributed by atoms with Gasteiger partial charge in [0, 0.05) is 11.2 Å². The van der Waals surface area contributed by atoms with Crippen molar-refractivity contribution in [3.8, 4) is 0 Å². The minimum Gasteiger partial charge on any atom is -0.380 e. The van der Waals surface area contributed by atoms with E-state index in [0.29, 0.717) is 19.6 Å². The van der Waals surface area contributed by atoms with E-state index in [9.17, 15) is 4.39 Å². The maximum absolute atomic E-state index is 13.8. The molecule has 18 heavy (non-hydrogen) atoms. The van der Waals surface area contributed by atoms with Crippen LogP contribution in [-0.2, 0) is 11.2 Å². The number of halogens is 1. The van der Waals surface area contributed by atoms with Gasteiger partial charge in [0.1, 0.15) is 5.82 Å². The quantitative estimate of drug-likeness (QED) is 0.745. The van der Waals surface area contributed by atoms with Crippen molar-refractivity contribution in [3.05, 3.63) is 35.0 Å². The fraction of sp³-hybridized carbons (Fsp3) is 0.429. The van der Waals surface area contributed by atoms with E-state index in [0.717, 1.165) is 22.2 Å². The first-order valence-electron chi connectivity index (χ1n) is 6.05. The Labute approximate surface area is 111 Å². The zero-order valence-electron chi connectivity index (χ0n) is 10.8. The van der Waals surface area contributed by atoms with E-state index in [4.69, 9.17) is 4.74 Å². The maximum Gasteiger partial charge on any atom is 0.127 e. The van der Waals surface area contributed by atoms with Crippen molar-refractivity contribution in [3.63, 3.8) is 0 Å². The number of thiophene rings is 1. The van der Waals surface area contributed by atoms with Gasteiger partial charge in [-0.3, -0.25) is 0 Å². The predicted molar refractivity (Wildman–Crippen MR) is 74.9 cm³/mol. The molecule has 0 spiro atoms. The highest BCUT2D eigenvalue weighted by Crippen LogP contribution is 2.24. The van der Waals surface area contributed by atoms with Crippen LogP contribution in [0.4, 0.5) is 4.39 Å². The fourth-order valence-electron chi connectivity index (χ4n) is 1.75. The molecular formula is C14H18FNOS. The highest BCUT2D eigenvalue weighted by molar-refractivity contribution is 7.17. The van der Waals surface area contributed by atoms with E-state index in [2.05, 4.69) is 4.90 Å². The maximum atomic E-state index is 13.8. The molecule has 0 bridgehead atoms. The van der Waals surface area contributed by atoms with Crippen LogP contribution in [0.2, 0.25) is 0 Å². The summed E-state index contributed by atoms with van der Waals surface area (Å²) in [5.74, 6) is -0.124. The first-order chi connectivity index (χ1) is 8.66. The molecule has 0 saturated carbocycles. The SMILES string of the molecule is CN(C)CCOCCc1cc2ccsc2cc1F. The Kier molecular flexibility index (Phi) is 4.69. The molecular weight excluding hydrogens is 249 g/mol. The van der Waals surface area contributed by atoms with Gasteiger partial charge >= 0.3 is 0 Å². The van der Waals surface area contributed by atoms with Crippen LogP contribution in [0.3, 0.4) is 0 Å². The Balaban J connectivity index is 1.88. The summed E-state index contributed by atoms with van der Waals surface area (Å²) in [4.78, 5) is 2.07. The fourth-order valence-corrected chi connectivity index (χ4v) is 2.55. The highest BCUT2D eigenvalue weighted by Gasteiger charge is 2.05. The largest absolute Gasteiger partial charge is 0.380 e. The second-order valence-corrected chi connectivity index (χ2v) is 5.52. The van der Waals surface area contributed by atoms with Crippen LogP contribution in [0.15, 0.2) is 23.6 Å². The second kappa shape index (κ2) is 6.27. The molecule has 0 N–H and O–H groups in total. The number of nitrogens with zero attached hydrogens (tertiary/aromatic N) is 1. The lowest BCUT2D eigenvalue weighted by atomic mass is 10.1. The minimum absolute atomic E-state index is 0.124. The van der Waals surface area contributed by atoms with Crippen molar-refractivity contribution in [1.82, 2.24) is 4.90 Å². The van der Waals surface area contributed by atoms with Gasteiger partial charge in [0.05, 0.1) is 13.2 Å². The topological polar surface area (TPSA) is 12.5 Å². The molecule has 0 aliphatic rings. The van der Waals surface area contributed by atoms with Gasteiger partial charge in [0.15, 0.2) is 0 Å². The van der Waals surface area contributed by atoms with E-state index >= 15 is 0 Å². The van der Waals surface area contributed by atoms with Crippen molar-refractivity contribution in [2.75, 3.05) is 33.9 Å². The third-order valence-electron chi connectivity index (χ3n) is 2.82. The number of fused-ring (bicyclic) bond motifs is 1. The molecule has 0 amide bonds. The molecule has 98 valence electrons. The summed E-state index contributed by atoms with van der Waals surface area (Å²) in [5, 5.41) is 3.10. The number of benzene rings is 1. The Morgan fingerprint density at radius 3 is 2.89 bits per heavy atom. The van der Waals surface area contributed by atoms with E-state index in [1.165, 1.54) is 0 Å². The zero-order chi connectivity index (χ0) is 13.0. The van der Waals surface area contributed by atoms with Gasteiger partial charge in [0.25, 0.3) is 0 Å². The Hall–Kier alpha value is -0.970. The van der Waals surface area contributed by atoms with Gasteiger partial charge in [-0.25, -0.2) is 4.39 Å². The van der Waals surface area contributed by atoms with E-state index in [1.807, 2.05) is 31.6 Å². The van der Waals surface area contributed by atoms with E-state index in [-0.39, 0.29) is 5.82 Å². The summed E-state index contributed by atoms with van der Waals surface area (Å²) < 4.78 is 20.3. The van der Waals surface area contributed by atoms with E-state index < -0.39 is 0 Å². The molecule has 0 saturated heterocycles. The average Bonchev–Trinajstić information content (AvgIpc) is 2.75. The molecule has 1 heterocycles. The van der Waals surface area contributed by atoms with Crippen molar-refractivity contribution in [2.24, 2.45) is 0 Å². The van der Waals surface area contributed by atoms with Gasteiger partial charge in [-0.05, 0) is 55.0 Å². The summed E-state index contributed by atoms with van der Waals surface area (Å²) in [5.41, 5.74) is 0.741. The minimum atomic E-state index is -0.124. The molecule has 2 nitrogen and oxygen atoms in total. The molecule has 1 aromatic heterocycles. The lowest BCUT2D eigenvalue weighted by Crippen LogP contribution is -2.18. The normalized spacial score (nSPS) is 11.6. The lowest BCUT2D eigenvalue weighted by molar-refractivity contribution is 0.120. The zero-order valence-corrected chi connectivity index (χ0v) is 11.6. The number of ether oxygens (including phenoxy) is 1. The third-order valence-corrected chi connectivity index (χ3v) is 3.70. The summed E-state index contributed by atoms with van der Waals surface area (Å²) in [6.07, 6.45) is 0.630. The second-order valence-electron chi connectivity index (χ2n) is 4.57. The highest BCUT2D eigenvalue weighted by atomic mass is 32.1. The molecule has 0 unspecified atom stereocenters. The van der Waals surface area contributed by atoms with Crippen LogP contribution in [0.1, 0.15) is 5.56 Å². The van der Waals surface area contributed by atoms with Gasteiger partial charge in [-0.2, -0.15) is 0 Å². The lowest BCUT2D eigenvalue weighted by Gasteiger charge is -2.10. The number of likely N-dealkylation sites (N-methyl/N-ethyl adjacent to an activating group) is 1. The molecule has 1 aromatic carbocycles. The third kappa shape index (κ3) is 3.51. The first kappa shape index (κ1) is 13.5. The van der Waals surface area contributed by atoms with Gasteiger partial charge < -0.3 is 9.64 Å². The summed E-state index contributed by atoms with van der Waals surface area (Å²) in [6, 6.07) is 5.57. The van der Waals surface area contributed by atoms with Crippen LogP contribution in [0, 0.1) is 5.82 Å². The van der Waals surface area contributed by atoms with Crippen LogP contribution < -0.4 is 0 Å². The Bertz CT molecular complexity index is 509. The number of rotatable bonds is 6. The van der Waals surface area contributed by atoms with Crippen molar-refractivity contribution >= 4 is 21.4 Å². The molecule has 0 atom stereocenters. The summed E-state index contributed by atoms with van der Waals surface area (Å²) >= 11 is 1.57. The van der Waals surface area contributed by atoms with Crippen molar-refractivity contribution in [2.45, 2.75) is 6.42 Å². The summed E-state index contributed by atoms with van der Waals surface area (Å²) in [6.45, 7) is 2.15. The standard InChI is InChI=1S/C14H18FNOS/c1-16(2)5-7-17-6-3-11-9-12-4-8-18-14(12)10-13(11)15/h4,8-10H,3,5-7H2,1-2H3. The monoisotopic (exact) mass is 267 g/mol. The molecule has 2 rings (SSSR count). The predicted octanol–water partition coefficient (Wildman–Crippen LogP) is 3.16. The Morgan fingerprint density at radius 1 is 1.28 bits per heavy atom.